The lowest BCUT2D eigenvalue weighted by atomic mass is 10.3. The zero-order valence-corrected chi connectivity index (χ0v) is 10.9. The van der Waals surface area contributed by atoms with Crippen LogP contribution in [0.15, 0.2) is 17.5 Å². The van der Waals surface area contributed by atoms with Crippen LogP contribution >= 0.6 is 11.3 Å². The lowest BCUT2D eigenvalue weighted by Crippen LogP contribution is -2.32. The lowest BCUT2D eigenvalue weighted by Gasteiger charge is -2.12. The second-order valence-electron chi connectivity index (χ2n) is 3.75. The average Bonchev–Trinajstić information content (AvgIpc) is 2.76. The van der Waals surface area contributed by atoms with Crippen LogP contribution in [0, 0.1) is 0 Å². The summed E-state index contributed by atoms with van der Waals surface area (Å²) in [5.41, 5.74) is 0. The van der Waals surface area contributed by atoms with Crippen molar-refractivity contribution in [1.82, 2.24) is 5.32 Å². The van der Waals surface area contributed by atoms with Gasteiger partial charge in [-0.15, -0.1) is 11.3 Å². The maximum Gasteiger partial charge on any atom is 0.0613 e. The Morgan fingerprint density at radius 3 is 3.00 bits per heavy atom. The highest BCUT2D eigenvalue weighted by Crippen LogP contribution is 2.08. The number of thiophene rings is 1. The van der Waals surface area contributed by atoms with Crippen LogP contribution < -0.4 is 5.32 Å². The van der Waals surface area contributed by atoms with Crippen LogP contribution in [0.2, 0.25) is 0 Å². The first-order valence-electron chi connectivity index (χ1n) is 5.65. The van der Waals surface area contributed by atoms with Gasteiger partial charge in [-0.2, -0.15) is 0 Å². The Kier molecular flexibility index (Phi) is 7.42. The number of hydrogen-bond donors (Lipinski definition) is 1. The molecule has 0 aliphatic heterocycles. The quantitative estimate of drug-likeness (QED) is 0.672. The fraction of sp³-hybridized carbons (Fsp3) is 0.667. The topological polar surface area (TPSA) is 30.5 Å². The van der Waals surface area contributed by atoms with E-state index in [9.17, 15) is 0 Å². The third kappa shape index (κ3) is 6.23. The molecule has 4 heteroatoms. The van der Waals surface area contributed by atoms with E-state index in [1.54, 1.807) is 18.4 Å². The SMILES string of the molecule is COCC(C)NCCOCCc1cccs1. The zero-order chi connectivity index (χ0) is 11.6. The molecule has 0 amide bonds. The third-order valence-corrected chi connectivity index (χ3v) is 3.16. The fourth-order valence-corrected chi connectivity index (χ4v) is 2.11. The van der Waals surface area contributed by atoms with Gasteiger partial charge < -0.3 is 14.8 Å². The Morgan fingerprint density at radius 2 is 2.31 bits per heavy atom. The van der Waals surface area contributed by atoms with E-state index in [0.29, 0.717) is 6.04 Å². The number of methoxy groups -OCH3 is 1. The summed E-state index contributed by atoms with van der Waals surface area (Å²) in [6.45, 7) is 5.31. The smallest absolute Gasteiger partial charge is 0.0613 e. The van der Waals surface area contributed by atoms with E-state index in [1.165, 1.54) is 4.88 Å². The van der Waals surface area contributed by atoms with Gasteiger partial charge in [-0.1, -0.05) is 6.07 Å². The maximum absolute atomic E-state index is 5.54. The number of nitrogens with one attached hydrogen (secondary N) is 1. The van der Waals surface area contributed by atoms with Crippen molar-refractivity contribution in [3.63, 3.8) is 0 Å². The molecule has 1 heterocycles. The predicted molar refractivity (Wildman–Crippen MR) is 68.2 cm³/mol. The molecule has 0 spiro atoms. The summed E-state index contributed by atoms with van der Waals surface area (Å²) in [6.07, 6.45) is 1.02. The van der Waals surface area contributed by atoms with E-state index >= 15 is 0 Å². The highest BCUT2D eigenvalue weighted by molar-refractivity contribution is 7.09. The number of ether oxygens (including phenoxy) is 2. The van der Waals surface area contributed by atoms with Gasteiger partial charge in [0.2, 0.25) is 0 Å². The first-order chi connectivity index (χ1) is 7.83. The standard InChI is InChI=1S/C12H21NO2S/c1-11(10-14-2)13-6-8-15-7-5-12-4-3-9-16-12/h3-4,9,11,13H,5-8,10H2,1-2H3. The minimum atomic E-state index is 0.394. The van der Waals surface area contributed by atoms with E-state index in [4.69, 9.17) is 9.47 Å². The first-order valence-corrected chi connectivity index (χ1v) is 6.53. The first kappa shape index (κ1) is 13.6. The van der Waals surface area contributed by atoms with Gasteiger partial charge in [-0.25, -0.2) is 0 Å². The van der Waals surface area contributed by atoms with Gasteiger partial charge in [0.15, 0.2) is 0 Å². The third-order valence-electron chi connectivity index (χ3n) is 2.23. The van der Waals surface area contributed by atoms with E-state index in [0.717, 1.165) is 32.8 Å². The van der Waals surface area contributed by atoms with Gasteiger partial charge in [0.05, 0.1) is 19.8 Å². The highest BCUT2D eigenvalue weighted by Gasteiger charge is 1.99. The molecule has 0 aliphatic carbocycles. The van der Waals surface area contributed by atoms with Crippen molar-refractivity contribution in [2.45, 2.75) is 19.4 Å². The van der Waals surface area contributed by atoms with Gasteiger partial charge in [-0.05, 0) is 18.4 Å². The lowest BCUT2D eigenvalue weighted by molar-refractivity contribution is 0.128. The van der Waals surface area contributed by atoms with Crippen molar-refractivity contribution in [2.24, 2.45) is 0 Å². The van der Waals surface area contributed by atoms with Crippen molar-refractivity contribution in [2.75, 3.05) is 33.5 Å². The Hall–Kier alpha value is -0.420. The van der Waals surface area contributed by atoms with Crippen LogP contribution in [0.1, 0.15) is 11.8 Å². The minimum absolute atomic E-state index is 0.394. The summed E-state index contributed by atoms with van der Waals surface area (Å²) in [5.74, 6) is 0. The van der Waals surface area contributed by atoms with Gasteiger partial charge in [0.25, 0.3) is 0 Å². The number of rotatable bonds is 9. The van der Waals surface area contributed by atoms with Crippen molar-refractivity contribution < 1.29 is 9.47 Å². The Labute approximate surface area is 102 Å². The van der Waals surface area contributed by atoms with Crippen LogP contribution in [-0.4, -0.2) is 39.5 Å². The van der Waals surface area contributed by atoms with Crippen LogP contribution in [0.3, 0.4) is 0 Å². The molecule has 92 valence electrons. The molecule has 0 aromatic carbocycles. The molecule has 0 fully saturated rings. The zero-order valence-electron chi connectivity index (χ0n) is 10.1. The second kappa shape index (κ2) is 8.70. The Balaban J connectivity index is 1.88. The fourth-order valence-electron chi connectivity index (χ4n) is 1.42. The molecular weight excluding hydrogens is 222 g/mol. The molecule has 1 aromatic rings. The van der Waals surface area contributed by atoms with Crippen molar-refractivity contribution in [3.8, 4) is 0 Å². The molecule has 0 radical (unpaired) electrons. The molecule has 1 unspecified atom stereocenters. The molecule has 0 bridgehead atoms. The average molecular weight is 243 g/mol. The summed E-state index contributed by atoms with van der Waals surface area (Å²) in [6, 6.07) is 4.62. The van der Waals surface area contributed by atoms with E-state index in [2.05, 4.69) is 29.8 Å². The van der Waals surface area contributed by atoms with Crippen LogP contribution in [0.4, 0.5) is 0 Å². The molecule has 0 saturated carbocycles. The van der Waals surface area contributed by atoms with E-state index in [-0.39, 0.29) is 0 Å². The van der Waals surface area contributed by atoms with Gasteiger partial charge >= 0.3 is 0 Å². The van der Waals surface area contributed by atoms with Gasteiger partial charge in [0.1, 0.15) is 0 Å². The maximum atomic E-state index is 5.54. The normalized spacial score (nSPS) is 12.9. The van der Waals surface area contributed by atoms with E-state index < -0.39 is 0 Å². The van der Waals surface area contributed by atoms with E-state index in [1.807, 2.05) is 0 Å². The molecule has 1 rings (SSSR count). The Morgan fingerprint density at radius 1 is 1.44 bits per heavy atom. The van der Waals surface area contributed by atoms with Crippen LogP contribution in [0.25, 0.3) is 0 Å². The molecule has 16 heavy (non-hydrogen) atoms. The van der Waals surface area contributed by atoms with Crippen molar-refractivity contribution in [1.29, 1.82) is 0 Å². The molecular formula is C12H21NO2S. The predicted octanol–water partition coefficient (Wildman–Crippen LogP) is 1.93. The molecule has 1 aromatic heterocycles. The van der Waals surface area contributed by atoms with Crippen LogP contribution in [0.5, 0.6) is 0 Å². The molecule has 0 aliphatic rings. The summed E-state index contributed by atoms with van der Waals surface area (Å²) < 4.78 is 10.6. The Bertz CT molecular complexity index is 252. The summed E-state index contributed by atoms with van der Waals surface area (Å²) >= 11 is 1.79. The molecule has 1 N–H and O–H groups in total. The molecule has 1 atom stereocenters. The van der Waals surface area contributed by atoms with Gasteiger partial charge in [0, 0.05) is 31.0 Å². The largest absolute Gasteiger partial charge is 0.383 e. The monoisotopic (exact) mass is 243 g/mol. The number of hydrogen-bond acceptors (Lipinski definition) is 4. The van der Waals surface area contributed by atoms with Crippen molar-refractivity contribution in [3.05, 3.63) is 22.4 Å². The van der Waals surface area contributed by atoms with Gasteiger partial charge in [-0.3, -0.25) is 0 Å². The molecule has 0 saturated heterocycles. The second-order valence-corrected chi connectivity index (χ2v) is 4.78. The summed E-state index contributed by atoms with van der Waals surface area (Å²) in [5, 5.41) is 5.43. The minimum Gasteiger partial charge on any atom is -0.383 e. The van der Waals surface area contributed by atoms with Crippen molar-refractivity contribution >= 4 is 11.3 Å². The molecule has 3 nitrogen and oxygen atoms in total. The summed E-state index contributed by atoms with van der Waals surface area (Å²) in [7, 11) is 1.72. The summed E-state index contributed by atoms with van der Waals surface area (Å²) in [4.78, 5) is 1.39. The van der Waals surface area contributed by atoms with Crippen LogP contribution in [-0.2, 0) is 15.9 Å². The highest BCUT2D eigenvalue weighted by atomic mass is 32.1.